The van der Waals surface area contributed by atoms with Crippen LogP contribution in [0.5, 0.6) is 0 Å². The Morgan fingerprint density at radius 2 is 1.60 bits per heavy atom. The highest BCUT2D eigenvalue weighted by Gasteiger charge is 2.12. The van der Waals surface area contributed by atoms with E-state index in [9.17, 15) is 0 Å². The van der Waals surface area contributed by atoms with Crippen LogP contribution in [0.15, 0.2) is 24.3 Å². The van der Waals surface area contributed by atoms with E-state index in [4.69, 9.17) is 4.79 Å². The minimum atomic E-state index is 0.250. The van der Waals surface area contributed by atoms with Crippen LogP contribution in [0, 0.1) is 0 Å². The summed E-state index contributed by atoms with van der Waals surface area (Å²) >= 11 is 0. The second-order valence-electron chi connectivity index (χ2n) is 4.44. The van der Waals surface area contributed by atoms with Crippen molar-refractivity contribution >= 4 is 6.41 Å². The number of carbonyl (C=O) groups is 1. The van der Waals surface area contributed by atoms with Gasteiger partial charge in [0.25, 0.3) is 0 Å². The van der Waals surface area contributed by atoms with Gasteiger partial charge in [-0.15, -0.1) is 0 Å². The Hall–Kier alpha value is -1.31. The first-order chi connectivity index (χ1) is 6.95. The van der Waals surface area contributed by atoms with E-state index in [1.807, 2.05) is 0 Å². The summed E-state index contributed by atoms with van der Waals surface area (Å²) in [5.41, 5.74) is 7.29. The number of rotatable bonds is 1. The molecule has 0 saturated heterocycles. The maximum absolute atomic E-state index is 8.58. The number of nitrogens with two attached hydrogens (primary N) is 1. The molecule has 1 amide bonds. The van der Waals surface area contributed by atoms with E-state index in [1.165, 1.54) is 11.1 Å². The molecule has 1 aromatic carbocycles. The highest BCUT2D eigenvalue weighted by Crippen LogP contribution is 2.22. The van der Waals surface area contributed by atoms with Crippen molar-refractivity contribution in [3.05, 3.63) is 35.4 Å². The van der Waals surface area contributed by atoms with Crippen LogP contribution in [-0.2, 0) is 16.6 Å². The maximum Gasteiger partial charge on any atom is 0.204 e. The lowest BCUT2D eigenvalue weighted by Crippen LogP contribution is -2.10. The summed E-state index contributed by atoms with van der Waals surface area (Å²) in [5.74, 6) is 0. The highest BCUT2D eigenvalue weighted by atomic mass is 16.1. The van der Waals surface area contributed by atoms with E-state index < -0.39 is 0 Å². The average molecular weight is 207 g/mol. The van der Waals surface area contributed by atoms with Gasteiger partial charge in [0.05, 0.1) is 0 Å². The molecular formula is C13H21NO. The number of primary amides is 1. The molecule has 2 nitrogen and oxygen atoms in total. The zero-order chi connectivity index (χ0) is 11.9. The SMILES string of the molecule is CCc1ccc(C(C)(C)C)cc1.NC=O. The fourth-order valence-electron chi connectivity index (χ4n) is 1.24. The van der Waals surface area contributed by atoms with Crippen molar-refractivity contribution in [2.24, 2.45) is 5.73 Å². The summed E-state index contributed by atoms with van der Waals surface area (Å²) < 4.78 is 0. The third-order valence-electron chi connectivity index (χ3n) is 2.23. The van der Waals surface area contributed by atoms with Gasteiger partial charge in [0, 0.05) is 0 Å². The molecule has 0 aliphatic heterocycles. The van der Waals surface area contributed by atoms with Crippen LogP contribution in [0.4, 0.5) is 0 Å². The highest BCUT2D eigenvalue weighted by molar-refractivity contribution is 5.42. The molecule has 0 aliphatic rings. The summed E-state index contributed by atoms with van der Waals surface area (Å²) in [4.78, 5) is 8.58. The molecule has 0 aromatic heterocycles. The second-order valence-corrected chi connectivity index (χ2v) is 4.44. The Morgan fingerprint density at radius 3 is 1.87 bits per heavy atom. The van der Waals surface area contributed by atoms with Crippen LogP contribution in [0.25, 0.3) is 0 Å². The van der Waals surface area contributed by atoms with Gasteiger partial charge in [-0.1, -0.05) is 52.0 Å². The van der Waals surface area contributed by atoms with E-state index in [1.54, 1.807) is 0 Å². The first-order valence-corrected chi connectivity index (χ1v) is 5.20. The molecule has 84 valence electrons. The Morgan fingerprint density at radius 1 is 1.20 bits per heavy atom. The maximum atomic E-state index is 8.58. The number of hydrogen-bond acceptors (Lipinski definition) is 1. The van der Waals surface area contributed by atoms with E-state index >= 15 is 0 Å². The van der Waals surface area contributed by atoms with Gasteiger partial charge in [0.15, 0.2) is 0 Å². The molecule has 1 rings (SSSR count). The molecule has 0 spiro atoms. The van der Waals surface area contributed by atoms with E-state index in [0.29, 0.717) is 0 Å². The van der Waals surface area contributed by atoms with Crippen LogP contribution in [0.2, 0.25) is 0 Å². The largest absolute Gasteiger partial charge is 0.372 e. The summed E-state index contributed by atoms with van der Waals surface area (Å²) in [5, 5.41) is 0. The van der Waals surface area contributed by atoms with Crippen molar-refractivity contribution in [2.45, 2.75) is 39.5 Å². The second kappa shape index (κ2) is 6.23. The number of hydrogen-bond donors (Lipinski definition) is 1. The normalized spacial score (nSPS) is 10.1. The number of benzene rings is 1. The van der Waals surface area contributed by atoms with Crippen molar-refractivity contribution in [1.29, 1.82) is 0 Å². The zero-order valence-electron chi connectivity index (χ0n) is 10.1. The van der Waals surface area contributed by atoms with Crippen molar-refractivity contribution < 1.29 is 4.79 Å². The summed E-state index contributed by atoms with van der Waals surface area (Å²) in [7, 11) is 0. The lowest BCUT2D eigenvalue weighted by atomic mass is 9.86. The van der Waals surface area contributed by atoms with Gasteiger partial charge in [-0.05, 0) is 23.0 Å². The molecule has 0 saturated carbocycles. The Kier molecular flexibility index (Phi) is 5.68. The predicted octanol–water partition coefficient (Wildman–Crippen LogP) is 2.65. The quantitative estimate of drug-likeness (QED) is 0.707. The molecule has 0 unspecified atom stereocenters. The average Bonchev–Trinajstić information content (AvgIpc) is 2.18. The first kappa shape index (κ1) is 13.7. The van der Waals surface area contributed by atoms with E-state index in [0.717, 1.165) is 6.42 Å². The lowest BCUT2D eigenvalue weighted by Gasteiger charge is -2.18. The van der Waals surface area contributed by atoms with Gasteiger partial charge in [0.1, 0.15) is 0 Å². The van der Waals surface area contributed by atoms with E-state index in [2.05, 4.69) is 57.7 Å². The zero-order valence-corrected chi connectivity index (χ0v) is 10.1. The van der Waals surface area contributed by atoms with Crippen LogP contribution >= 0.6 is 0 Å². The Bertz CT molecular complexity index is 282. The van der Waals surface area contributed by atoms with Gasteiger partial charge in [-0.25, -0.2) is 0 Å². The van der Waals surface area contributed by atoms with Gasteiger partial charge in [-0.2, -0.15) is 0 Å². The molecule has 0 aliphatic carbocycles. The molecule has 2 N–H and O–H groups in total. The summed E-state index contributed by atoms with van der Waals surface area (Å²) in [6.07, 6.45) is 1.38. The lowest BCUT2D eigenvalue weighted by molar-refractivity contribution is -0.106. The summed E-state index contributed by atoms with van der Waals surface area (Å²) in [6.45, 7) is 8.92. The molecule has 0 heterocycles. The van der Waals surface area contributed by atoms with Gasteiger partial charge < -0.3 is 5.73 Å². The Labute approximate surface area is 92.5 Å². The number of carbonyl (C=O) groups excluding carboxylic acids is 1. The van der Waals surface area contributed by atoms with Gasteiger partial charge >= 0.3 is 0 Å². The van der Waals surface area contributed by atoms with Crippen molar-refractivity contribution in [3.63, 3.8) is 0 Å². The molecule has 2 heteroatoms. The molecule has 0 fully saturated rings. The fourth-order valence-corrected chi connectivity index (χ4v) is 1.24. The van der Waals surface area contributed by atoms with Crippen LogP contribution in [0.1, 0.15) is 38.8 Å². The standard InChI is InChI=1S/C12H18.CH3NO/c1-5-10-6-8-11(9-7-10)12(2,3)4;2-1-3/h6-9H,5H2,1-4H3;1H,(H2,2,3). The monoisotopic (exact) mass is 207 g/mol. The minimum absolute atomic E-state index is 0.250. The van der Waals surface area contributed by atoms with E-state index in [-0.39, 0.29) is 11.8 Å². The summed E-state index contributed by atoms with van der Waals surface area (Å²) in [6, 6.07) is 8.92. The molecule has 15 heavy (non-hydrogen) atoms. The van der Waals surface area contributed by atoms with Gasteiger partial charge in [0.2, 0.25) is 6.41 Å². The fraction of sp³-hybridized carbons (Fsp3) is 0.462. The topological polar surface area (TPSA) is 43.1 Å². The van der Waals surface area contributed by atoms with Crippen LogP contribution in [-0.4, -0.2) is 6.41 Å². The van der Waals surface area contributed by atoms with Gasteiger partial charge in [-0.3, -0.25) is 4.79 Å². The third-order valence-corrected chi connectivity index (χ3v) is 2.23. The van der Waals surface area contributed by atoms with Crippen molar-refractivity contribution in [3.8, 4) is 0 Å². The molecule has 1 aromatic rings. The Balaban J connectivity index is 0.000000583. The predicted molar refractivity (Wildman–Crippen MR) is 64.8 cm³/mol. The van der Waals surface area contributed by atoms with Crippen LogP contribution < -0.4 is 5.73 Å². The molecular weight excluding hydrogens is 186 g/mol. The first-order valence-electron chi connectivity index (χ1n) is 5.20. The van der Waals surface area contributed by atoms with Crippen LogP contribution in [0.3, 0.4) is 0 Å². The number of aryl methyl sites for hydroxylation is 1. The van der Waals surface area contributed by atoms with Crippen molar-refractivity contribution in [2.75, 3.05) is 0 Å². The molecule has 0 bridgehead atoms. The molecule has 0 radical (unpaired) electrons. The minimum Gasteiger partial charge on any atom is -0.372 e. The smallest absolute Gasteiger partial charge is 0.204 e. The number of amides is 1. The molecule has 0 atom stereocenters. The third kappa shape index (κ3) is 5.21. The van der Waals surface area contributed by atoms with Crippen molar-refractivity contribution in [1.82, 2.24) is 0 Å².